The van der Waals surface area contributed by atoms with Gasteiger partial charge in [-0.2, -0.15) is 0 Å². The van der Waals surface area contributed by atoms with E-state index in [1.54, 1.807) is 60.7 Å². The fourth-order valence-electron chi connectivity index (χ4n) is 4.77. The average molecular weight is 563 g/mol. The maximum Gasteiger partial charge on any atom is 0.254 e. The van der Waals surface area contributed by atoms with Gasteiger partial charge in [-0.3, -0.25) is 14.4 Å². The van der Waals surface area contributed by atoms with Crippen LogP contribution >= 0.6 is 11.6 Å². The molecule has 0 saturated carbocycles. The minimum absolute atomic E-state index is 0.0493. The normalized spacial score (nSPS) is 14.8. The van der Waals surface area contributed by atoms with Gasteiger partial charge in [0.15, 0.2) is 5.43 Å². The molecule has 0 N–H and O–H groups in total. The van der Waals surface area contributed by atoms with Crippen LogP contribution in [-0.4, -0.2) is 47.4 Å². The van der Waals surface area contributed by atoms with Crippen molar-refractivity contribution in [2.24, 2.45) is 0 Å². The molecule has 1 saturated heterocycles. The Balaban J connectivity index is 1.43. The van der Waals surface area contributed by atoms with Crippen molar-refractivity contribution in [3.63, 3.8) is 0 Å². The van der Waals surface area contributed by atoms with Gasteiger partial charge in [0.05, 0.1) is 29.9 Å². The fraction of sp³-hybridized carbons (Fsp3) is 0.258. The van der Waals surface area contributed by atoms with Crippen LogP contribution in [0.4, 0.5) is 4.39 Å². The molecule has 1 aliphatic heterocycles. The van der Waals surface area contributed by atoms with Crippen LogP contribution in [0.25, 0.3) is 11.0 Å². The molecule has 0 aliphatic carbocycles. The second-order valence-corrected chi connectivity index (χ2v) is 10.2. The number of carbonyl (C=O) groups is 2. The first kappa shape index (κ1) is 27.6. The maximum atomic E-state index is 13.8. The fourth-order valence-corrected chi connectivity index (χ4v) is 4.89. The molecule has 206 valence electrons. The molecule has 4 aromatic rings. The Kier molecular flexibility index (Phi) is 8.57. The number of benzene rings is 3. The average Bonchev–Trinajstić information content (AvgIpc) is 3.48. The summed E-state index contributed by atoms with van der Waals surface area (Å²) in [4.78, 5) is 43.5. The van der Waals surface area contributed by atoms with Crippen LogP contribution in [0, 0.1) is 5.82 Å². The zero-order valence-corrected chi connectivity index (χ0v) is 22.5. The van der Waals surface area contributed by atoms with Crippen molar-refractivity contribution in [3.05, 3.63) is 117 Å². The van der Waals surface area contributed by atoms with E-state index in [-0.39, 0.29) is 49.5 Å². The molecule has 0 spiro atoms. The topological polar surface area (TPSA) is 80.1 Å². The highest BCUT2D eigenvalue weighted by atomic mass is 35.5. The molecule has 7 nitrogen and oxygen atoms in total. The zero-order chi connectivity index (χ0) is 28.1. The number of hydrogen-bond acceptors (Lipinski definition) is 5. The monoisotopic (exact) mass is 562 g/mol. The van der Waals surface area contributed by atoms with Gasteiger partial charge in [0.25, 0.3) is 5.91 Å². The molecule has 1 aliphatic rings. The molecule has 1 atom stereocenters. The molecule has 1 fully saturated rings. The minimum atomic E-state index is -0.395. The number of ether oxygens (including phenoxy) is 1. The minimum Gasteiger partial charge on any atom is -0.464 e. The summed E-state index contributed by atoms with van der Waals surface area (Å²) < 4.78 is 25.0. The lowest BCUT2D eigenvalue weighted by atomic mass is 10.1. The predicted molar refractivity (Wildman–Crippen MR) is 149 cm³/mol. The summed E-state index contributed by atoms with van der Waals surface area (Å²) in [5.74, 6) is -1.10. The number of carbonyl (C=O) groups excluding carboxylic acids is 2. The first-order valence-electron chi connectivity index (χ1n) is 13.1. The largest absolute Gasteiger partial charge is 0.464 e. The molecule has 1 unspecified atom stereocenters. The van der Waals surface area contributed by atoms with Gasteiger partial charge in [-0.15, -0.1) is 0 Å². The highest BCUT2D eigenvalue weighted by molar-refractivity contribution is 6.30. The molecule has 40 heavy (non-hydrogen) atoms. The van der Waals surface area contributed by atoms with Crippen LogP contribution in [0.15, 0.2) is 88.3 Å². The first-order chi connectivity index (χ1) is 19.4. The Labute approximate surface area is 235 Å². The summed E-state index contributed by atoms with van der Waals surface area (Å²) in [5, 5.41) is 0.907. The maximum absolute atomic E-state index is 13.8. The first-order valence-corrected chi connectivity index (χ1v) is 13.4. The zero-order valence-electron chi connectivity index (χ0n) is 21.7. The van der Waals surface area contributed by atoms with Crippen molar-refractivity contribution in [1.29, 1.82) is 0 Å². The van der Waals surface area contributed by atoms with Crippen molar-refractivity contribution >= 4 is 34.4 Å². The summed E-state index contributed by atoms with van der Waals surface area (Å²) >= 11 is 6.01. The lowest BCUT2D eigenvalue weighted by Gasteiger charge is -2.29. The third-order valence-electron chi connectivity index (χ3n) is 6.90. The van der Waals surface area contributed by atoms with E-state index < -0.39 is 5.82 Å². The van der Waals surface area contributed by atoms with Gasteiger partial charge in [0, 0.05) is 30.3 Å². The number of fused-ring (bicyclic) bond motifs is 1. The van der Waals surface area contributed by atoms with Crippen LogP contribution in [0.3, 0.4) is 0 Å². The van der Waals surface area contributed by atoms with Crippen molar-refractivity contribution < 1.29 is 23.1 Å². The lowest BCUT2D eigenvalue weighted by molar-refractivity contribution is -0.133. The summed E-state index contributed by atoms with van der Waals surface area (Å²) in [5.41, 5.74) is 1.57. The predicted octanol–water partition coefficient (Wildman–Crippen LogP) is 5.44. The summed E-state index contributed by atoms with van der Waals surface area (Å²) in [6.07, 6.45) is 2.85. The van der Waals surface area contributed by atoms with Gasteiger partial charge in [0.2, 0.25) is 5.91 Å². The van der Waals surface area contributed by atoms with Crippen molar-refractivity contribution in [3.8, 4) is 0 Å². The van der Waals surface area contributed by atoms with Crippen LogP contribution in [0.2, 0.25) is 5.02 Å². The Morgan fingerprint density at radius 1 is 0.950 bits per heavy atom. The van der Waals surface area contributed by atoms with E-state index in [9.17, 15) is 18.8 Å². The summed E-state index contributed by atoms with van der Waals surface area (Å²) in [6, 6.07) is 19.2. The number of hydrogen-bond donors (Lipinski definition) is 0. The standard InChI is InChI=1S/C31H28ClFN2O5/c32-24-11-9-22(10-12-24)31(38)35(18-26-4-3-15-39-26)19-29(36)34(16-21-7-13-25(33)14-8-21)17-23-20-40-28-6-2-1-5-27(28)30(23)37/h1-2,5-14,20,26H,3-4,15-19H2. The third-order valence-corrected chi connectivity index (χ3v) is 7.16. The van der Waals surface area contributed by atoms with Gasteiger partial charge >= 0.3 is 0 Å². The lowest BCUT2D eigenvalue weighted by Crippen LogP contribution is -2.45. The molecule has 5 rings (SSSR count). The molecular weight excluding hydrogens is 535 g/mol. The molecule has 9 heteroatoms. The van der Waals surface area contributed by atoms with Crippen LogP contribution in [0.5, 0.6) is 0 Å². The quantitative estimate of drug-likeness (QED) is 0.271. The second-order valence-electron chi connectivity index (χ2n) is 9.79. The van der Waals surface area contributed by atoms with E-state index in [0.717, 1.165) is 12.8 Å². The van der Waals surface area contributed by atoms with Crippen LogP contribution in [-0.2, 0) is 22.6 Å². The molecule has 2 amide bonds. The van der Waals surface area contributed by atoms with Crippen molar-refractivity contribution in [1.82, 2.24) is 9.80 Å². The molecule has 0 radical (unpaired) electrons. The number of amides is 2. The highest BCUT2D eigenvalue weighted by Crippen LogP contribution is 2.19. The molecule has 0 bridgehead atoms. The van der Waals surface area contributed by atoms with Crippen molar-refractivity contribution in [2.75, 3.05) is 19.7 Å². The molecular formula is C31H28ClFN2O5. The van der Waals surface area contributed by atoms with Gasteiger partial charge in [-0.05, 0) is 66.9 Å². The van der Waals surface area contributed by atoms with Gasteiger partial charge in [-0.25, -0.2) is 4.39 Å². The van der Waals surface area contributed by atoms with E-state index in [0.29, 0.717) is 39.3 Å². The van der Waals surface area contributed by atoms with E-state index in [1.165, 1.54) is 28.2 Å². The molecule has 2 heterocycles. The van der Waals surface area contributed by atoms with E-state index in [1.807, 2.05) is 0 Å². The van der Waals surface area contributed by atoms with Gasteiger partial charge < -0.3 is 19.0 Å². The second kappa shape index (κ2) is 12.4. The van der Waals surface area contributed by atoms with E-state index in [2.05, 4.69) is 0 Å². The van der Waals surface area contributed by atoms with Crippen LogP contribution in [0.1, 0.15) is 34.3 Å². The molecule has 1 aromatic heterocycles. The summed E-state index contributed by atoms with van der Waals surface area (Å²) in [6.45, 7) is 0.674. The van der Waals surface area contributed by atoms with E-state index >= 15 is 0 Å². The Morgan fingerprint density at radius 2 is 1.70 bits per heavy atom. The number of para-hydroxylation sites is 1. The Hall–Kier alpha value is -4.01. The summed E-state index contributed by atoms with van der Waals surface area (Å²) in [7, 11) is 0. The Morgan fingerprint density at radius 3 is 2.42 bits per heavy atom. The van der Waals surface area contributed by atoms with E-state index in [4.69, 9.17) is 20.8 Å². The van der Waals surface area contributed by atoms with Gasteiger partial charge in [-0.1, -0.05) is 35.9 Å². The Bertz CT molecular complexity index is 1550. The smallest absolute Gasteiger partial charge is 0.254 e. The number of halogens is 2. The highest BCUT2D eigenvalue weighted by Gasteiger charge is 2.28. The third kappa shape index (κ3) is 6.58. The number of nitrogens with zero attached hydrogens (tertiary/aromatic N) is 2. The molecule has 3 aromatic carbocycles. The van der Waals surface area contributed by atoms with Gasteiger partial charge in [0.1, 0.15) is 17.9 Å². The SMILES string of the molecule is O=C(CN(CC1CCCO1)C(=O)c1ccc(Cl)cc1)N(Cc1ccc(F)cc1)Cc1coc2ccccc2c1=O. The van der Waals surface area contributed by atoms with Crippen molar-refractivity contribution in [2.45, 2.75) is 32.0 Å². The van der Waals surface area contributed by atoms with Crippen LogP contribution < -0.4 is 5.43 Å². The number of rotatable bonds is 9.